The highest BCUT2D eigenvalue weighted by Crippen LogP contribution is 2.10. The SMILES string of the molecule is CC(CCNC(=O)c1cccc(Br)n1)CCC(=O)O. The summed E-state index contributed by atoms with van der Waals surface area (Å²) in [6, 6.07) is 5.15. The Labute approximate surface area is 120 Å². The number of carboxylic acid groups (broad SMARTS) is 1. The first-order valence-corrected chi connectivity index (χ1v) is 6.91. The van der Waals surface area contributed by atoms with Gasteiger partial charge in [0, 0.05) is 13.0 Å². The number of amides is 1. The molecule has 1 heterocycles. The lowest BCUT2D eigenvalue weighted by atomic mass is 10.0. The van der Waals surface area contributed by atoms with Gasteiger partial charge in [-0.3, -0.25) is 9.59 Å². The van der Waals surface area contributed by atoms with E-state index in [9.17, 15) is 9.59 Å². The average molecular weight is 329 g/mol. The summed E-state index contributed by atoms with van der Waals surface area (Å²) in [4.78, 5) is 26.2. The van der Waals surface area contributed by atoms with Crippen molar-refractivity contribution in [1.29, 1.82) is 0 Å². The van der Waals surface area contributed by atoms with Crippen LogP contribution in [0.25, 0.3) is 0 Å². The molecule has 0 fully saturated rings. The fourth-order valence-corrected chi connectivity index (χ4v) is 1.92. The van der Waals surface area contributed by atoms with Crippen LogP contribution in [0.15, 0.2) is 22.8 Å². The third-order valence-electron chi connectivity index (χ3n) is 2.72. The Morgan fingerprint density at radius 1 is 1.42 bits per heavy atom. The molecule has 0 aliphatic carbocycles. The summed E-state index contributed by atoms with van der Waals surface area (Å²) in [6.45, 7) is 2.50. The summed E-state index contributed by atoms with van der Waals surface area (Å²) in [5, 5.41) is 11.3. The van der Waals surface area contributed by atoms with Crippen LogP contribution in [0.5, 0.6) is 0 Å². The van der Waals surface area contributed by atoms with Crippen molar-refractivity contribution in [3.8, 4) is 0 Å². The van der Waals surface area contributed by atoms with Gasteiger partial charge in [0.15, 0.2) is 0 Å². The predicted octanol–water partition coefficient (Wildman–Crippen LogP) is 2.46. The molecular weight excluding hydrogens is 312 g/mol. The number of halogens is 1. The van der Waals surface area contributed by atoms with Crippen molar-refractivity contribution in [2.45, 2.75) is 26.2 Å². The lowest BCUT2D eigenvalue weighted by Crippen LogP contribution is -2.26. The van der Waals surface area contributed by atoms with Gasteiger partial charge >= 0.3 is 5.97 Å². The van der Waals surface area contributed by atoms with Crippen LogP contribution in [0, 0.1) is 5.92 Å². The molecule has 0 aliphatic heterocycles. The minimum Gasteiger partial charge on any atom is -0.481 e. The van der Waals surface area contributed by atoms with Gasteiger partial charge in [0.1, 0.15) is 10.3 Å². The maximum atomic E-state index is 11.8. The summed E-state index contributed by atoms with van der Waals surface area (Å²) < 4.78 is 0.620. The van der Waals surface area contributed by atoms with Crippen LogP contribution in [-0.4, -0.2) is 28.5 Å². The summed E-state index contributed by atoms with van der Waals surface area (Å²) in [7, 11) is 0. The molecule has 2 N–H and O–H groups in total. The minimum atomic E-state index is -0.783. The van der Waals surface area contributed by atoms with Crippen LogP contribution in [-0.2, 0) is 4.79 Å². The molecule has 5 nitrogen and oxygen atoms in total. The first kappa shape index (κ1) is 15.6. The average Bonchev–Trinajstić information content (AvgIpc) is 2.36. The second kappa shape index (κ2) is 7.89. The van der Waals surface area contributed by atoms with E-state index in [2.05, 4.69) is 26.2 Å². The Morgan fingerprint density at radius 3 is 2.79 bits per heavy atom. The zero-order valence-electron chi connectivity index (χ0n) is 10.7. The Hall–Kier alpha value is -1.43. The number of hydrogen-bond donors (Lipinski definition) is 2. The Bertz CT molecular complexity index is 451. The number of carboxylic acids is 1. The maximum Gasteiger partial charge on any atom is 0.303 e. The highest BCUT2D eigenvalue weighted by atomic mass is 79.9. The van der Waals surface area contributed by atoms with E-state index in [4.69, 9.17) is 5.11 Å². The summed E-state index contributed by atoms with van der Waals surface area (Å²) >= 11 is 3.21. The van der Waals surface area contributed by atoms with E-state index in [-0.39, 0.29) is 18.2 Å². The number of pyridine rings is 1. The van der Waals surface area contributed by atoms with Crippen LogP contribution in [0.3, 0.4) is 0 Å². The van der Waals surface area contributed by atoms with Crippen LogP contribution in [0.2, 0.25) is 0 Å². The Kier molecular flexibility index (Phi) is 6.49. The molecule has 0 saturated heterocycles. The van der Waals surface area contributed by atoms with E-state index in [0.717, 1.165) is 6.42 Å². The van der Waals surface area contributed by atoms with Crippen LogP contribution < -0.4 is 5.32 Å². The number of nitrogens with one attached hydrogen (secondary N) is 1. The molecular formula is C13H17BrN2O3. The van der Waals surface area contributed by atoms with Crippen LogP contribution in [0.1, 0.15) is 36.7 Å². The van der Waals surface area contributed by atoms with Crippen molar-refractivity contribution < 1.29 is 14.7 Å². The molecule has 1 amide bonds. The van der Waals surface area contributed by atoms with Gasteiger partial charge in [0.2, 0.25) is 0 Å². The Morgan fingerprint density at radius 2 is 2.16 bits per heavy atom. The molecule has 0 spiro atoms. The van der Waals surface area contributed by atoms with Gasteiger partial charge in [0.05, 0.1) is 0 Å². The quantitative estimate of drug-likeness (QED) is 0.753. The molecule has 0 radical (unpaired) electrons. The van der Waals surface area contributed by atoms with E-state index in [1.165, 1.54) is 0 Å². The third kappa shape index (κ3) is 6.33. The predicted molar refractivity (Wildman–Crippen MR) is 74.9 cm³/mol. The summed E-state index contributed by atoms with van der Waals surface area (Å²) in [5.74, 6) is -0.729. The number of aliphatic carboxylic acids is 1. The van der Waals surface area contributed by atoms with Gasteiger partial charge in [-0.2, -0.15) is 0 Å². The van der Waals surface area contributed by atoms with Crippen molar-refractivity contribution in [2.24, 2.45) is 5.92 Å². The zero-order chi connectivity index (χ0) is 14.3. The van der Waals surface area contributed by atoms with Gasteiger partial charge in [-0.05, 0) is 46.8 Å². The van der Waals surface area contributed by atoms with Crippen molar-refractivity contribution >= 4 is 27.8 Å². The fourth-order valence-electron chi connectivity index (χ4n) is 1.57. The van der Waals surface area contributed by atoms with E-state index >= 15 is 0 Å². The number of carbonyl (C=O) groups is 2. The number of aromatic nitrogens is 1. The van der Waals surface area contributed by atoms with Crippen LogP contribution in [0.4, 0.5) is 0 Å². The van der Waals surface area contributed by atoms with Crippen molar-refractivity contribution in [2.75, 3.05) is 6.54 Å². The second-order valence-electron chi connectivity index (χ2n) is 4.43. The van der Waals surface area contributed by atoms with E-state index in [1.54, 1.807) is 18.2 Å². The molecule has 1 unspecified atom stereocenters. The number of nitrogens with zero attached hydrogens (tertiary/aromatic N) is 1. The molecule has 1 aromatic rings. The topological polar surface area (TPSA) is 79.3 Å². The maximum absolute atomic E-state index is 11.8. The fraction of sp³-hybridized carbons (Fsp3) is 0.462. The Balaban J connectivity index is 2.29. The minimum absolute atomic E-state index is 0.169. The largest absolute Gasteiger partial charge is 0.481 e. The molecule has 104 valence electrons. The monoisotopic (exact) mass is 328 g/mol. The van der Waals surface area contributed by atoms with Gasteiger partial charge in [-0.25, -0.2) is 4.98 Å². The molecule has 0 aliphatic rings. The number of carbonyl (C=O) groups excluding carboxylic acids is 1. The van der Waals surface area contributed by atoms with Gasteiger partial charge in [-0.15, -0.1) is 0 Å². The lowest BCUT2D eigenvalue weighted by molar-refractivity contribution is -0.137. The zero-order valence-corrected chi connectivity index (χ0v) is 12.3. The summed E-state index contributed by atoms with van der Waals surface area (Å²) in [5.41, 5.74) is 0.368. The molecule has 1 rings (SSSR count). The third-order valence-corrected chi connectivity index (χ3v) is 3.16. The normalized spacial score (nSPS) is 11.9. The number of rotatable bonds is 7. The summed E-state index contributed by atoms with van der Waals surface area (Å²) in [6.07, 6.45) is 1.55. The molecule has 0 bridgehead atoms. The van der Waals surface area contributed by atoms with Gasteiger partial charge in [-0.1, -0.05) is 13.0 Å². The molecule has 0 aromatic carbocycles. The van der Waals surface area contributed by atoms with Crippen molar-refractivity contribution in [3.63, 3.8) is 0 Å². The van der Waals surface area contributed by atoms with Gasteiger partial charge < -0.3 is 10.4 Å². The smallest absolute Gasteiger partial charge is 0.303 e. The molecule has 6 heteroatoms. The molecule has 19 heavy (non-hydrogen) atoms. The van der Waals surface area contributed by atoms with Crippen molar-refractivity contribution in [3.05, 3.63) is 28.5 Å². The second-order valence-corrected chi connectivity index (χ2v) is 5.24. The first-order chi connectivity index (χ1) is 8.99. The molecule has 1 atom stereocenters. The van der Waals surface area contributed by atoms with E-state index < -0.39 is 5.97 Å². The lowest BCUT2D eigenvalue weighted by Gasteiger charge is -2.10. The van der Waals surface area contributed by atoms with Crippen LogP contribution >= 0.6 is 15.9 Å². The molecule has 0 saturated carbocycles. The van der Waals surface area contributed by atoms with E-state index in [0.29, 0.717) is 23.3 Å². The standard InChI is InChI=1S/C13H17BrN2O3/c1-9(5-6-12(17)18)7-8-15-13(19)10-3-2-4-11(14)16-10/h2-4,9H,5-8H2,1H3,(H,15,19)(H,17,18). The van der Waals surface area contributed by atoms with E-state index in [1.807, 2.05) is 6.92 Å². The van der Waals surface area contributed by atoms with Crippen molar-refractivity contribution in [1.82, 2.24) is 10.3 Å². The highest BCUT2D eigenvalue weighted by Gasteiger charge is 2.09. The van der Waals surface area contributed by atoms with Gasteiger partial charge in [0.25, 0.3) is 5.91 Å². The highest BCUT2D eigenvalue weighted by molar-refractivity contribution is 9.10. The molecule has 1 aromatic heterocycles. The number of hydrogen-bond acceptors (Lipinski definition) is 3. The first-order valence-electron chi connectivity index (χ1n) is 6.11.